The zero-order valence-electron chi connectivity index (χ0n) is 16.3. The third kappa shape index (κ3) is 3.31. The summed E-state index contributed by atoms with van der Waals surface area (Å²) >= 11 is 0. The second-order valence-electron chi connectivity index (χ2n) is 7.16. The normalized spacial score (nSPS) is 11.3. The lowest BCUT2D eigenvalue weighted by Gasteiger charge is -2.14. The average molecular weight is 388 g/mol. The van der Waals surface area contributed by atoms with E-state index in [9.17, 15) is 9.59 Å². The Morgan fingerprint density at radius 3 is 2.62 bits per heavy atom. The van der Waals surface area contributed by atoms with Gasteiger partial charge in [0.1, 0.15) is 10.9 Å². The van der Waals surface area contributed by atoms with Gasteiger partial charge in [-0.15, -0.1) is 0 Å². The summed E-state index contributed by atoms with van der Waals surface area (Å²) < 4.78 is 3.20. The van der Waals surface area contributed by atoms with E-state index in [1.165, 1.54) is 4.40 Å². The largest absolute Gasteiger partial charge is 0.348 e. The number of benzene rings is 1. The minimum atomic E-state index is -0.333. The number of aromatic nitrogens is 3. The summed E-state index contributed by atoms with van der Waals surface area (Å²) in [4.78, 5) is 30.6. The number of fused-ring (bicyclic) bond motifs is 2. The maximum absolute atomic E-state index is 13.1. The smallest absolute Gasteiger partial charge is 0.278 e. The number of pyridine rings is 2. The molecule has 1 amide bonds. The van der Waals surface area contributed by atoms with E-state index in [4.69, 9.17) is 5.73 Å². The van der Waals surface area contributed by atoms with Gasteiger partial charge >= 0.3 is 0 Å². The SMILES string of the molecule is CC(C)[n+]1c(N)c(C(=O)NCc2ccccc2)cc2c(=O)n3ccccc3nc21. The molecule has 29 heavy (non-hydrogen) atoms. The highest BCUT2D eigenvalue weighted by molar-refractivity contribution is 6.00. The molecule has 0 fully saturated rings. The molecule has 0 atom stereocenters. The molecule has 146 valence electrons. The number of anilines is 1. The number of amides is 1. The highest BCUT2D eigenvalue weighted by atomic mass is 16.1. The predicted molar refractivity (Wildman–Crippen MR) is 112 cm³/mol. The third-order valence-electron chi connectivity index (χ3n) is 4.86. The van der Waals surface area contributed by atoms with Crippen molar-refractivity contribution in [1.29, 1.82) is 0 Å². The second kappa shape index (κ2) is 7.35. The number of hydrogen-bond acceptors (Lipinski definition) is 4. The summed E-state index contributed by atoms with van der Waals surface area (Å²) in [5, 5.41) is 3.23. The molecule has 0 radical (unpaired) electrons. The molecule has 4 aromatic rings. The molecule has 7 heteroatoms. The van der Waals surface area contributed by atoms with Gasteiger partial charge in [0, 0.05) is 12.7 Å². The van der Waals surface area contributed by atoms with E-state index >= 15 is 0 Å². The predicted octanol–water partition coefficient (Wildman–Crippen LogP) is 2.23. The summed E-state index contributed by atoms with van der Waals surface area (Å²) in [5.74, 6) is -0.0505. The van der Waals surface area contributed by atoms with Gasteiger partial charge in [-0.2, -0.15) is 0 Å². The molecule has 0 aliphatic carbocycles. The van der Waals surface area contributed by atoms with Gasteiger partial charge in [-0.05, 0) is 37.6 Å². The highest BCUT2D eigenvalue weighted by Crippen LogP contribution is 2.17. The quantitative estimate of drug-likeness (QED) is 0.414. The number of nitrogen functional groups attached to an aromatic ring is 1. The summed E-state index contributed by atoms with van der Waals surface area (Å²) in [6.45, 7) is 4.25. The fourth-order valence-electron chi connectivity index (χ4n) is 3.44. The maximum Gasteiger partial charge on any atom is 0.278 e. The summed E-state index contributed by atoms with van der Waals surface area (Å²) in [7, 11) is 0. The van der Waals surface area contributed by atoms with Gasteiger partial charge in [0.2, 0.25) is 11.5 Å². The fraction of sp³-hybridized carbons (Fsp3) is 0.182. The van der Waals surface area contributed by atoms with Crippen molar-refractivity contribution in [1.82, 2.24) is 14.7 Å². The average Bonchev–Trinajstić information content (AvgIpc) is 2.72. The van der Waals surface area contributed by atoms with Crippen LogP contribution in [0.3, 0.4) is 0 Å². The number of nitrogens with two attached hydrogens (primary N) is 1. The van der Waals surface area contributed by atoms with Crippen LogP contribution < -0.4 is 21.2 Å². The first-order valence-electron chi connectivity index (χ1n) is 9.44. The molecule has 7 nitrogen and oxygen atoms in total. The Morgan fingerprint density at radius 1 is 1.17 bits per heavy atom. The number of carbonyl (C=O) groups is 1. The van der Waals surface area contributed by atoms with Crippen molar-refractivity contribution in [3.8, 4) is 0 Å². The zero-order chi connectivity index (χ0) is 20.5. The van der Waals surface area contributed by atoms with Crippen molar-refractivity contribution in [3.63, 3.8) is 0 Å². The van der Waals surface area contributed by atoms with E-state index in [0.717, 1.165) is 5.56 Å². The minimum Gasteiger partial charge on any atom is -0.348 e. The van der Waals surface area contributed by atoms with Crippen molar-refractivity contribution in [3.05, 3.63) is 82.3 Å². The van der Waals surface area contributed by atoms with Crippen LogP contribution in [0.5, 0.6) is 0 Å². The number of nitrogens with zero attached hydrogens (tertiary/aromatic N) is 3. The molecule has 0 aliphatic heterocycles. The van der Waals surface area contributed by atoms with E-state index in [1.54, 1.807) is 29.0 Å². The lowest BCUT2D eigenvalue weighted by molar-refractivity contribution is -0.679. The van der Waals surface area contributed by atoms with Crippen molar-refractivity contribution >= 4 is 28.4 Å². The first-order valence-corrected chi connectivity index (χ1v) is 9.44. The molecule has 0 bridgehead atoms. The molecule has 3 heterocycles. The van der Waals surface area contributed by atoms with E-state index in [1.807, 2.05) is 50.2 Å². The van der Waals surface area contributed by atoms with Crippen molar-refractivity contribution in [2.45, 2.75) is 26.4 Å². The lowest BCUT2D eigenvalue weighted by atomic mass is 10.1. The number of hydrogen-bond donors (Lipinski definition) is 2. The maximum atomic E-state index is 13.1. The molecular formula is C22H22N5O2+. The van der Waals surface area contributed by atoms with Gasteiger partial charge in [-0.3, -0.25) is 14.0 Å². The molecule has 1 aromatic carbocycles. The van der Waals surface area contributed by atoms with Crippen LogP contribution in [0.15, 0.2) is 65.6 Å². The Kier molecular flexibility index (Phi) is 4.72. The molecule has 0 saturated carbocycles. The number of carbonyl (C=O) groups excluding carboxylic acids is 1. The van der Waals surface area contributed by atoms with E-state index < -0.39 is 0 Å². The van der Waals surface area contributed by atoms with Crippen LogP contribution in [0.1, 0.15) is 35.8 Å². The van der Waals surface area contributed by atoms with Gasteiger partial charge < -0.3 is 11.1 Å². The van der Waals surface area contributed by atoms with Crippen LogP contribution in [-0.2, 0) is 6.54 Å². The van der Waals surface area contributed by atoms with Crippen LogP contribution in [-0.4, -0.2) is 15.3 Å². The van der Waals surface area contributed by atoms with Crippen LogP contribution in [0.2, 0.25) is 0 Å². The van der Waals surface area contributed by atoms with Crippen molar-refractivity contribution in [2.75, 3.05) is 5.73 Å². The Morgan fingerprint density at radius 2 is 1.90 bits per heavy atom. The van der Waals surface area contributed by atoms with Crippen LogP contribution in [0.4, 0.5) is 5.82 Å². The van der Waals surface area contributed by atoms with Crippen LogP contribution >= 0.6 is 0 Å². The lowest BCUT2D eigenvalue weighted by Crippen LogP contribution is -2.44. The summed E-state index contributed by atoms with van der Waals surface area (Å²) in [6, 6.07) is 16.4. The summed E-state index contributed by atoms with van der Waals surface area (Å²) in [5.41, 5.74) is 8.36. The number of rotatable bonds is 4. The summed E-state index contributed by atoms with van der Waals surface area (Å²) in [6.07, 6.45) is 1.66. The Hall–Kier alpha value is -3.74. The molecule has 0 unspecified atom stereocenters. The van der Waals surface area contributed by atoms with Crippen molar-refractivity contribution in [2.24, 2.45) is 0 Å². The minimum absolute atomic E-state index is 0.0857. The van der Waals surface area contributed by atoms with Gasteiger partial charge in [-0.1, -0.05) is 41.4 Å². The van der Waals surface area contributed by atoms with Crippen LogP contribution in [0, 0.1) is 0 Å². The molecule has 3 N–H and O–H groups in total. The van der Waals surface area contributed by atoms with Crippen molar-refractivity contribution < 1.29 is 9.36 Å². The monoisotopic (exact) mass is 388 g/mol. The molecule has 4 rings (SSSR count). The van der Waals surface area contributed by atoms with E-state index in [2.05, 4.69) is 10.3 Å². The Balaban J connectivity index is 1.87. The van der Waals surface area contributed by atoms with E-state index in [-0.39, 0.29) is 28.9 Å². The first kappa shape index (κ1) is 18.6. The van der Waals surface area contributed by atoms with Gasteiger partial charge in [0.25, 0.3) is 17.1 Å². The highest BCUT2D eigenvalue weighted by Gasteiger charge is 2.25. The molecule has 0 aliphatic rings. The standard InChI is InChI=1S/C22H21N5O2/c1-14(2)27-19(23)16(21(28)24-13-15-8-4-3-5-9-15)12-17-20(27)25-18-10-6-7-11-26(18)22(17)29/h3-12,14,23H,13H2,1-2H3,(H,24,28)/p+1. The van der Waals surface area contributed by atoms with Crippen LogP contribution in [0.25, 0.3) is 16.7 Å². The molecular weight excluding hydrogens is 366 g/mol. The first-order chi connectivity index (χ1) is 14.0. The third-order valence-corrected chi connectivity index (χ3v) is 4.86. The Bertz CT molecular complexity index is 1280. The van der Waals surface area contributed by atoms with Gasteiger partial charge in [0.15, 0.2) is 0 Å². The molecule has 0 saturated heterocycles. The fourth-order valence-corrected chi connectivity index (χ4v) is 3.44. The van der Waals surface area contributed by atoms with Gasteiger partial charge in [0.05, 0.1) is 6.04 Å². The molecule has 0 spiro atoms. The number of nitrogens with one attached hydrogen (secondary N) is 1. The zero-order valence-corrected chi connectivity index (χ0v) is 16.3. The van der Waals surface area contributed by atoms with E-state index in [0.29, 0.717) is 23.2 Å². The second-order valence-corrected chi connectivity index (χ2v) is 7.16. The Labute approximate surface area is 167 Å². The topological polar surface area (TPSA) is 93.4 Å². The van der Waals surface area contributed by atoms with Gasteiger partial charge in [-0.25, -0.2) is 4.57 Å². The molecule has 3 aromatic heterocycles.